The summed E-state index contributed by atoms with van der Waals surface area (Å²) in [5.74, 6) is -0.538. The molecule has 0 heterocycles. The van der Waals surface area contributed by atoms with Crippen molar-refractivity contribution in [1.29, 1.82) is 0 Å². The third-order valence-corrected chi connectivity index (χ3v) is 21.4. The van der Waals surface area contributed by atoms with Gasteiger partial charge in [0.15, 0.2) is 12.2 Å². The number of phosphoric acid groups is 2. The van der Waals surface area contributed by atoms with Crippen LogP contribution in [0.2, 0.25) is 0 Å². The van der Waals surface area contributed by atoms with E-state index in [9.17, 15) is 43.2 Å². The van der Waals surface area contributed by atoms with Crippen LogP contribution in [-0.4, -0.2) is 96.7 Å². The van der Waals surface area contributed by atoms with E-state index in [2.05, 4.69) is 41.5 Å². The van der Waals surface area contributed by atoms with Crippen LogP contribution in [0.4, 0.5) is 0 Å². The van der Waals surface area contributed by atoms with Crippen molar-refractivity contribution in [3.63, 3.8) is 0 Å². The SMILES string of the molecule is CCCCCCCCCCCCCCCCCCCCCCCC(=O)O[C@H](COC(=O)CCCCCCCCCCCCCCCC(C)C)COP(=O)(O)OC[C@@H](O)COP(=O)(O)OC[C@@H](COC(=O)CCCCCCCCCCCC)OC(=O)CCCCCCCCCCCCCCC(C)C. The molecule has 0 radical (unpaired) electrons. The Morgan fingerprint density at radius 2 is 0.451 bits per heavy atom. The number of esters is 4. The summed E-state index contributed by atoms with van der Waals surface area (Å²) in [4.78, 5) is 73.1. The summed E-state index contributed by atoms with van der Waals surface area (Å²) >= 11 is 0. The minimum atomic E-state index is -4.96. The quantitative estimate of drug-likeness (QED) is 0.0222. The average molecular weight is 1490 g/mol. The molecular weight excluding hydrogens is 1330 g/mol. The van der Waals surface area contributed by atoms with Gasteiger partial charge in [0.05, 0.1) is 26.4 Å². The highest BCUT2D eigenvalue weighted by atomic mass is 31.2. The Morgan fingerprint density at radius 1 is 0.265 bits per heavy atom. The topological polar surface area (TPSA) is 237 Å². The third-order valence-electron chi connectivity index (χ3n) is 19.5. The van der Waals surface area contributed by atoms with Gasteiger partial charge in [-0.3, -0.25) is 37.3 Å². The summed E-state index contributed by atoms with van der Waals surface area (Å²) in [6, 6.07) is 0. The van der Waals surface area contributed by atoms with Crippen LogP contribution in [0.1, 0.15) is 440 Å². The number of aliphatic hydroxyl groups is 1. The summed E-state index contributed by atoms with van der Waals surface area (Å²) in [6.07, 6.45) is 65.2. The Bertz CT molecular complexity index is 1960. The molecule has 0 aliphatic carbocycles. The molecule has 0 aromatic heterocycles. The Balaban J connectivity index is 5.22. The van der Waals surface area contributed by atoms with Crippen LogP contribution in [0.3, 0.4) is 0 Å². The molecule has 19 heteroatoms. The summed E-state index contributed by atoms with van der Waals surface area (Å²) in [7, 11) is -9.92. The van der Waals surface area contributed by atoms with Crippen molar-refractivity contribution in [2.75, 3.05) is 39.6 Å². The van der Waals surface area contributed by atoms with Gasteiger partial charge in [0.25, 0.3) is 0 Å². The van der Waals surface area contributed by atoms with Crippen LogP contribution in [0, 0.1) is 11.8 Å². The third kappa shape index (κ3) is 76.3. The molecule has 3 N–H and O–H groups in total. The highest BCUT2D eigenvalue weighted by Crippen LogP contribution is 2.45. The zero-order valence-electron chi connectivity index (χ0n) is 66.9. The van der Waals surface area contributed by atoms with Crippen LogP contribution in [-0.2, 0) is 65.4 Å². The first kappa shape index (κ1) is 100. The first-order chi connectivity index (χ1) is 49.4. The van der Waals surface area contributed by atoms with Gasteiger partial charge < -0.3 is 33.8 Å². The molecule has 0 saturated heterocycles. The molecule has 5 atom stereocenters. The standard InChI is InChI=1S/C83H162O17P2/c1-7-9-11-13-15-17-19-20-21-22-23-24-25-26-27-30-37-43-49-55-61-67-82(87)100-79(72-94-81(86)66-60-54-48-42-36-31-28-29-34-39-45-51-57-63-75(3)4)74-98-102(91,92)96-70-77(84)69-95-101(89,90)97-73-78(71-93-80(85)65-59-53-47-41-18-16-14-12-10-8-2)99-83(88)68-62-56-50-44-38-33-32-35-40-46-52-58-64-76(5)6/h75-79,84H,7-74H2,1-6H3,(H,89,90)(H,91,92)/t77-,78+,79+/m0/s1. The lowest BCUT2D eigenvalue weighted by Crippen LogP contribution is -2.30. The van der Waals surface area contributed by atoms with Crippen LogP contribution in [0.5, 0.6) is 0 Å². The zero-order chi connectivity index (χ0) is 74.9. The second-order valence-corrected chi connectivity index (χ2v) is 33.7. The summed E-state index contributed by atoms with van der Waals surface area (Å²) < 4.78 is 68.8. The monoisotopic (exact) mass is 1490 g/mol. The highest BCUT2D eigenvalue weighted by Gasteiger charge is 2.30. The van der Waals surface area contributed by atoms with Gasteiger partial charge in [0, 0.05) is 25.7 Å². The first-order valence-corrected chi connectivity index (χ1v) is 46.0. The van der Waals surface area contributed by atoms with E-state index in [1.54, 1.807) is 0 Å². The minimum Gasteiger partial charge on any atom is -0.462 e. The predicted octanol–water partition coefficient (Wildman–Crippen LogP) is 25.1. The molecule has 0 bridgehead atoms. The Kier molecular flexibility index (Phi) is 73.1. The second-order valence-electron chi connectivity index (χ2n) is 30.8. The fraction of sp³-hybridized carbons (Fsp3) is 0.952. The molecule has 2 unspecified atom stereocenters. The molecule has 0 aliphatic heterocycles. The lowest BCUT2D eigenvalue weighted by atomic mass is 10.0. The lowest BCUT2D eigenvalue weighted by molar-refractivity contribution is -0.161. The van der Waals surface area contributed by atoms with E-state index in [4.69, 9.17) is 37.0 Å². The van der Waals surface area contributed by atoms with Crippen molar-refractivity contribution in [3.05, 3.63) is 0 Å². The predicted molar refractivity (Wildman–Crippen MR) is 418 cm³/mol. The van der Waals surface area contributed by atoms with Crippen LogP contribution in [0.25, 0.3) is 0 Å². The fourth-order valence-corrected chi connectivity index (χ4v) is 14.5. The van der Waals surface area contributed by atoms with Gasteiger partial charge in [-0.15, -0.1) is 0 Å². The Morgan fingerprint density at radius 3 is 0.667 bits per heavy atom. The van der Waals surface area contributed by atoms with E-state index < -0.39 is 97.5 Å². The molecule has 0 aromatic rings. The maximum absolute atomic E-state index is 13.1. The van der Waals surface area contributed by atoms with Gasteiger partial charge in [-0.2, -0.15) is 0 Å². The number of carbonyl (C=O) groups is 4. The number of hydrogen-bond donors (Lipinski definition) is 3. The molecule has 0 aromatic carbocycles. The van der Waals surface area contributed by atoms with Gasteiger partial charge in [0.2, 0.25) is 0 Å². The molecule has 0 rings (SSSR count). The molecule has 0 aliphatic rings. The van der Waals surface area contributed by atoms with E-state index in [1.807, 2.05) is 0 Å². The first-order valence-electron chi connectivity index (χ1n) is 43.0. The van der Waals surface area contributed by atoms with Crippen molar-refractivity contribution in [1.82, 2.24) is 0 Å². The normalized spacial score (nSPS) is 13.9. The van der Waals surface area contributed by atoms with Gasteiger partial charge >= 0.3 is 39.5 Å². The number of aliphatic hydroxyl groups excluding tert-OH is 1. The Labute approximate surface area is 626 Å². The van der Waals surface area contributed by atoms with Gasteiger partial charge in [-0.25, -0.2) is 9.13 Å². The van der Waals surface area contributed by atoms with Gasteiger partial charge in [-0.1, -0.05) is 388 Å². The van der Waals surface area contributed by atoms with Crippen molar-refractivity contribution < 1.29 is 80.2 Å². The van der Waals surface area contributed by atoms with E-state index in [1.165, 1.54) is 257 Å². The van der Waals surface area contributed by atoms with E-state index >= 15 is 0 Å². The second kappa shape index (κ2) is 74.5. The van der Waals surface area contributed by atoms with Crippen LogP contribution < -0.4 is 0 Å². The highest BCUT2D eigenvalue weighted by molar-refractivity contribution is 7.47. The van der Waals surface area contributed by atoms with E-state index in [-0.39, 0.29) is 25.7 Å². The zero-order valence-corrected chi connectivity index (χ0v) is 68.7. The molecular formula is C83H162O17P2. The molecule has 17 nitrogen and oxygen atoms in total. The molecule has 102 heavy (non-hydrogen) atoms. The van der Waals surface area contributed by atoms with Crippen molar-refractivity contribution >= 4 is 39.5 Å². The van der Waals surface area contributed by atoms with Crippen molar-refractivity contribution in [2.45, 2.75) is 458 Å². The molecule has 0 spiro atoms. The molecule has 0 saturated carbocycles. The summed E-state index contributed by atoms with van der Waals surface area (Å²) in [5.41, 5.74) is 0. The van der Waals surface area contributed by atoms with Crippen LogP contribution >= 0.6 is 15.6 Å². The van der Waals surface area contributed by atoms with Crippen LogP contribution in [0.15, 0.2) is 0 Å². The number of hydrogen-bond acceptors (Lipinski definition) is 15. The van der Waals surface area contributed by atoms with E-state index in [0.29, 0.717) is 25.7 Å². The minimum absolute atomic E-state index is 0.107. The number of carbonyl (C=O) groups excluding carboxylic acids is 4. The number of unbranched alkanes of at least 4 members (excludes halogenated alkanes) is 52. The largest absolute Gasteiger partial charge is 0.472 e. The molecule has 0 fully saturated rings. The smallest absolute Gasteiger partial charge is 0.462 e. The van der Waals surface area contributed by atoms with Crippen molar-refractivity contribution in [2.24, 2.45) is 11.8 Å². The average Bonchev–Trinajstić information content (AvgIpc) is 0.912. The van der Waals surface area contributed by atoms with E-state index in [0.717, 1.165) is 102 Å². The molecule has 0 amide bonds. The number of rotatable bonds is 82. The summed E-state index contributed by atoms with van der Waals surface area (Å²) in [5, 5.41) is 10.7. The Hall–Kier alpha value is -1.94. The molecule has 606 valence electrons. The lowest BCUT2D eigenvalue weighted by Gasteiger charge is -2.21. The fourth-order valence-electron chi connectivity index (χ4n) is 12.9. The maximum atomic E-state index is 13.1. The summed E-state index contributed by atoms with van der Waals surface area (Å²) in [6.45, 7) is 9.67. The van der Waals surface area contributed by atoms with Gasteiger partial charge in [-0.05, 0) is 37.5 Å². The van der Waals surface area contributed by atoms with Gasteiger partial charge in [0.1, 0.15) is 19.3 Å². The number of ether oxygens (including phenoxy) is 4. The van der Waals surface area contributed by atoms with Crippen molar-refractivity contribution in [3.8, 4) is 0 Å². The number of phosphoric ester groups is 2. The maximum Gasteiger partial charge on any atom is 0.472 e.